The summed E-state index contributed by atoms with van der Waals surface area (Å²) in [4.78, 5) is 10.4. The Morgan fingerprint density at radius 1 is 1.08 bits per heavy atom. The molecule has 2 fully saturated rings. The smallest absolute Gasteiger partial charge is 0.196 e. The molecule has 1 saturated heterocycles. The molecule has 2 rings (SSSR count). The summed E-state index contributed by atoms with van der Waals surface area (Å²) in [5, 5.41) is 0. The summed E-state index contributed by atoms with van der Waals surface area (Å²) >= 11 is 0. The quantitative estimate of drug-likeness (QED) is 0.523. The van der Waals surface area contributed by atoms with E-state index in [0.717, 1.165) is 12.8 Å². The standard InChI is InChI=1S/C9H16O3/c1-9(2)10-7-5-3-4-6-8(7)11-12-9/h7-8H,3-6H2,1-2H3. The van der Waals surface area contributed by atoms with Crippen molar-refractivity contribution in [2.75, 3.05) is 0 Å². The van der Waals surface area contributed by atoms with E-state index >= 15 is 0 Å². The van der Waals surface area contributed by atoms with Gasteiger partial charge in [0.15, 0.2) is 5.79 Å². The molecule has 0 aromatic carbocycles. The Morgan fingerprint density at radius 3 is 2.50 bits per heavy atom. The lowest BCUT2D eigenvalue weighted by molar-refractivity contribution is -0.495. The SMILES string of the molecule is CC1(C)OOC2CCCCC2O1. The molecule has 0 amide bonds. The van der Waals surface area contributed by atoms with E-state index in [0.29, 0.717) is 0 Å². The van der Waals surface area contributed by atoms with Gasteiger partial charge in [-0.25, -0.2) is 9.78 Å². The molecule has 2 unspecified atom stereocenters. The molecule has 0 aromatic heterocycles. The van der Waals surface area contributed by atoms with Crippen LogP contribution in [-0.4, -0.2) is 18.0 Å². The van der Waals surface area contributed by atoms with Crippen LogP contribution in [0, 0.1) is 0 Å². The van der Waals surface area contributed by atoms with Crippen molar-refractivity contribution in [2.24, 2.45) is 0 Å². The molecular weight excluding hydrogens is 156 g/mol. The Hall–Kier alpha value is -0.120. The molecular formula is C9H16O3. The molecule has 0 spiro atoms. The molecule has 70 valence electrons. The number of ether oxygens (including phenoxy) is 1. The predicted molar refractivity (Wildman–Crippen MR) is 43.4 cm³/mol. The zero-order chi connectivity index (χ0) is 8.60. The Bertz CT molecular complexity index is 167. The van der Waals surface area contributed by atoms with Crippen LogP contribution < -0.4 is 0 Å². The van der Waals surface area contributed by atoms with Gasteiger partial charge in [0.1, 0.15) is 6.10 Å². The summed E-state index contributed by atoms with van der Waals surface area (Å²) < 4.78 is 5.73. The molecule has 1 saturated carbocycles. The van der Waals surface area contributed by atoms with E-state index in [2.05, 4.69) is 0 Å². The third-order valence-electron chi connectivity index (χ3n) is 2.45. The van der Waals surface area contributed by atoms with Crippen LogP contribution in [0.2, 0.25) is 0 Å². The number of hydrogen-bond donors (Lipinski definition) is 0. The van der Waals surface area contributed by atoms with Crippen LogP contribution >= 0.6 is 0 Å². The van der Waals surface area contributed by atoms with Crippen LogP contribution in [0.3, 0.4) is 0 Å². The van der Waals surface area contributed by atoms with Crippen LogP contribution in [0.4, 0.5) is 0 Å². The second kappa shape index (κ2) is 2.98. The van der Waals surface area contributed by atoms with Gasteiger partial charge in [-0.2, -0.15) is 0 Å². The van der Waals surface area contributed by atoms with Gasteiger partial charge in [-0.15, -0.1) is 0 Å². The molecule has 1 aliphatic heterocycles. The number of fused-ring (bicyclic) bond motifs is 1. The zero-order valence-corrected chi connectivity index (χ0v) is 7.71. The first kappa shape index (κ1) is 8.48. The van der Waals surface area contributed by atoms with Crippen LogP contribution in [0.25, 0.3) is 0 Å². The van der Waals surface area contributed by atoms with Gasteiger partial charge in [0, 0.05) is 0 Å². The predicted octanol–water partition coefficient (Wildman–Crippen LogP) is 2.01. The summed E-state index contributed by atoms with van der Waals surface area (Å²) in [5.41, 5.74) is 0. The van der Waals surface area contributed by atoms with Gasteiger partial charge in [0.2, 0.25) is 0 Å². The zero-order valence-electron chi connectivity index (χ0n) is 7.71. The van der Waals surface area contributed by atoms with E-state index in [1.54, 1.807) is 0 Å². The van der Waals surface area contributed by atoms with Gasteiger partial charge in [-0.3, -0.25) is 0 Å². The summed E-state index contributed by atoms with van der Waals surface area (Å²) in [6, 6.07) is 0. The van der Waals surface area contributed by atoms with Crippen LogP contribution in [0.15, 0.2) is 0 Å². The molecule has 0 bridgehead atoms. The van der Waals surface area contributed by atoms with E-state index in [1.165, 1.54) is 12.8 Å². The Balaban J connectivity index is 1.99. The maximum absolute atomic E-state index is 5.73. The molecule has 0 radical (unpaired) electrons. The molecule has 0 aromatic rings. The average Bonchev–Trinajstić information content (AvgIpc) is 2.02. The van der Waals surface area contributed by atoms with E-state index in [9.17, 15) is 0 Å². The van der Waals surface area contributed by atoms with Gasteiger partial charge >= 0.3 is 0 Å². The van der Waals surface area contributed by atoms with Crippen LogP contribution in [0.1, 0.15) is 39.5 Å². The van der Waals surface area contributed by atoms with Crippen molar-refractivity contribution >= 4 is 0 Å². The van der Waals surface area contributed by atoms with Crippen molar-refractivity contribution in [2.45, 2.75) is 57.5 Å². The molecule has 12 heavy (non-hydrogen) atoms. The molecule has 3 nitrogen and oxygen atoms in total. The third kappa shape index (κ3) is 1.63. The molecule has 1 heterocycles. The lowest BCUT2D eigenvalue weighted by Gasteiger charge is -2.41. The summed E-state index contributed by atoms with van der Waals surface area (Å²) in [7, 11) is 0. The molecule has 0 N–H and O–H groups in total. The highest BCUT2D eigenvalue weighted by molar-refractivity contribution is 4.79. The van der Waals surface area contributed by atoms with E-state index in [-0.39, 0.29) is 12.2 Å². The topological polar surface area (TPSA) is 27.7 Å². The number of rotatable bonds is 0. The first-order valence-electron chi connectivity index (χ1n) is 4.70. The Labute approximate surface area is 72.9 Å². The van der Waals surface area contributed by atoms with E-state index < -0.39 is 5.79 Å². The highest BCUT2D eigenvalue weighted by Crippen LogP contribution is 2.32. The van der Waals surface area contributed by atoms with E-state index in [1.807, 2.05) is 13.8 Å². The van der Waals surface area contributed by atoms with Gasteiger partial charge in [-0.1, -0.05) is 12.8 Å². The fourth-order valence-electron chi connectivity index (χ4n) is 1.87. The highest BCUT2D eigenvalue weighted by Gasteiger charge is 2.39. The van der Waals surface area contributed by atoms with Gasteiger partial charge in [0.05, 0.1) is 6.10 Å². The fraction of sp³-hybridized carbons (Fsp3) is 1.00. The fourth-order valence-corrected chi connectivity index (χ4v) is 1.87. The van der Waals surface area contributed by atoms with Crippen molar-refractivity contribution in [3.8, 4) is 0 Å². The van der Waals surface area contributed by atoms with Crippen LogP contribution in [-0.2, 0) is 14.5 Å². The monoisotopic (exact) mass is 172 g/mol. The summed E-state index contributed by atoms with van der Waals surface area (Å²) in [5.74, 6) is -0.557. The van der Waals surface area contributed by atoms with Gasteiger partial charge in [0.25, 0.3) is 0 Å². The third-order valence-corrected chi connectivity index (χ3v) is 2.45. The first-order valence-corrected chi connectivity index (χ1v) is 4.70. The molecule has 2 atom stereocenters. The molecule has 1 aliphatic carbocycles. The van der Waals surface area contributed by atoms with Gasteiger partial charge < -0.3 is 4.74 Å². The van der Waals surface area contributed by atoms with Crippen molar-refractivity contribution in [1.82, 2.24) is 0 Å². The Morgan fingerprint density at radius 2 is 1.75 bits per heavy atom. The Kier molecular flexibility index (Phi) is 2.10. The normalized spacial score (nSPS) is 40.5. The lowest BCUT2D eigenvalue weighted by atomic mass is 9.94. The minimum Gasteiger partial charge on any atom is -0.342 e. The molecule has 2 aliphatic rings. The molecule has 3 heteroatoms. The van der Waals surface area contributed by atoms with Crippen molar-refractivity contribution in [3.05, 3.63) is 0 Å². The highest BCUT2D eigenvalue weighted by atomic mass is 17.2. The maximum atomic E-state index is 5.73. The van der Waals surface area contributed by atoms with Crippen molar-refractivity contribution < 1.29 is 14.5 Å². The van der Waals surface area contributed by atoms with Gasteiger partial charge in [-0.05, 0) is 26.7 Å². The number of hydrogen-bond acceptors (Lipinski definition) is 3. The maximum Gasteiger partial charge on any atom is 0.196 e. The van der Waals surface area contributed by atoms with Crippen LogP contribution in [0.5, 0.6) is 0 Å². The summed E-state index contributed by atoms with van der Waals surface area (Å²) in [6.07, 6.45) is 5.09. The lowest BCUT2D eigenvalue weighted by Crippen LogP contribution is -2.48. The van der Waals surface area contributed by atoms with Crippen molar-refractivity contribution in [3.63, 3.8) is 0 Å². The second-order valence-electron chi connectivity index (χ2n) is 4.06. The second-order valence-corrected chi connectivity index (χ2v) is 4.06. The van der Waals surface area contributed by atoms with Crippen molar-refractivity contribution in [1.29, 1.82) is 0 Å². The summed E-state index contributed by atoms with van der Waals surface area (Å²) in [6.45, 7) is 3.77. The van der Waals surface area contributed by atoms with E-state index in [4.69, 9.17) is 14.5 Å². The largest absolute Gasteiger partial charge is 0.342 e. The minimum atomic E-state index is -0.557. The minimum absolute atomic E-state index is 0.173. The average molecular weight is 172 g/mol. The first-order chi connectivity index (χ1) is 5.67.